The largest absolute Gasteiger partial charge is 0.377 e. The first kappa shape index (κ1) is 21.9. The van der Waals surface area contributed by atoms with Crippen LogP contribution in [0.15, 0.2) is 4.99 Å². The second kappa shape index (κ2) is 13.4. The molecule has 1 rings (SSSR count). The zero-order valence-electron chi connectivity index (χ0n) is 14.3. The monoisotopic (exact) mass is 427 g/mol. The van der Waals surface area contributed by atoms with E-state index >= 15 is 0 Å². The van der Waals surface area contributed by atoms with E-state index in [1.807, 2.05) is 0 Å². The zero-order valence-corrected chi connectivity index (χ0v) is 16.7. The maximum atomic E-state index is 5.87. The van der Waals surface area contributed by atoms with Crippen LogP contribution in [0.4, 0.5) is 0 Å². The normalized spacial score (nSPS) is 20.0. The Morgan fingerprint density at radius 3 is 2.77 bits per heavy atom. The first-order valence-corrected chi connectivity index (χ1v) is 8.33. The molecule has 1 aliphatic rings. The van der Waals surface area contributed by atoms with Crippen LogP contribution in [0.1, 0.15) is 52.9 Å². The highest BCUT2D eigenvalue weighted by atomic mass is 127. The Hall–Kier alpha value is -0.0800. The van der Waals surface area contributed by atoms with Gasteiger partial charge in [0.2, 0.25) is 0 Å². The van der Waals surface area contributed by atoms with E-state index in [1.165, 1.54) is 12.8 Å². The van der Waals surface area contributed by atoms with Gasteiger partial charge in [0.05, 0.1) is 25.9 Å². The van der Waals surface area contributed by atoms with Gasteiger partial charge in [0.15, 0.2) is 5.96 Å². The van der Waals surface area contributed by atoms with Crippen LogP contribution in [0.3, 0.4) is 0 Å². The molecule has 0 aromatic rings. The average molecular weight is 427 g/mol. The van der Waals surface area contributed by atoms with Gasteiger partial charge in [-0.3, -0.25) is 4.99 Å². The molecule has 5 nitrogen and oxygen atoms in total. The molecule has 0 aromatic carbocycles. The minimum Gasteiger partial charge on any atom is -0.377 e. The lowest BCUT2D eigenvalue weighted by Gasteiger charge is -2.15. The number of nitrogens with two attached hydrogens (primary N) is 1. The highest BCUT2D eigenvalue weighted by Crippen LogP contribution is 2.11. The Bertz CT molecular complexity index is 295. The quantitative estimate of drug-likeness (QED) is 0.244. The van der Waals surface area contributed by atoms with E-state index in [1.54, 1.807) is 0 Å². The van der Waals surface area contributed by atoms with E-state index in [9.17, 15) is 0 Å². The van der Waals surface area contributed by atoms with Gasteiger partial charge in [0.25, 0.3) is 0 Å². The van der Waals surface area contributed by atoms with E-state index in [-0.39, 0.29) is 30.1 Å². The van der Waals surface area contributed by atoms with Crippen molar-refractivity contribution >= 4 is 29.9 Å². The number of nitrogens with zero attached hydrogens (tertiary/aromatic N) is 1. The van der Waals surface area contributed by atoms with Crippen molar-refractivity contribution in [2.45, 2.75) is 65.0 Å². The first-order valence-electron chi connectivity index (χ1n) is 8.33. The van der Waals surface area contributed by atoms with E-state index in [0.717, 1.165) is 31.8 Å². The lowest BCUT2D eigenvalue weighted by atomic mass is 10.0. The molecule has 0 bridgehead atoms. The number of nitrogens with one attached hydrogen (secondary N) is 1. The van der Waals surface area contributed by atoms with Crippen molar-refractivity contribution in [1.82, 2.24) is 5.32 Å². The van der Waals surface area contributed by atoms with Crippen molar-refractivity contribution in [2.75, 3.05) is 26.4 Å². The summed E-state index contributed by atoms with van der Waals surface area (Å²) in [5.41, 5.74) is 5.87. The molecule has 6 heteroatoms. The molecule has 132 valence electrons. The summed E-state index contributed by atoms with van der Waals surface area (Å²) in [4.78, 5) is 4.29. The maximum Gasteiger partial charge on any atom is 0.188 e. The molecule has 1 heterocycles. The summed E-state index contributed by atoms with van der Waals surface area (Å²) in [6, 6.07) is 0.375. The van der Waals surface area contributed by atoms with Crippen molar-refractivity contribution in [3.63, 3.8) is 0 Å². The number of guanidine groups is 1. The van der Waals surface area contributed by atoms with Crippen molar-refractivity contribution in [3.05, 3.63) is 0 Å². The van der Waals surface area contributed by atoms with Crippen LogP contribution in [0.5, 0.6) is 0 Å². The molecule has 0 radical (unpaired) electrons. The number of hydrogen-bond acceptors (Lipinski definition) is 3. The molecule has 1 saturated heterocycles. The van der Waals surface area contributed by atoms with Gasteiger partial charge in [-0.25, -0.2) is 0 Å². The molecule has 0 saturated carbocycles. The standard InChI is InChI=1S/C16H33N3O2.HI/c1-13(2)6-4-7-14(3)19-16(17)18-9-11-20-12-15-8-5-10-21-15;/h13-15H,4-12H2,1-3H3,(H3,17,18,19);1H. The van der Waals surface area contributed by atoms with Crippen LogP contribution in [0.25, 0.3) is 0 Å². The topological polar surface area (TPSA) is 68.9 Å². The Kier molecular flexibility index (Phi) is 13.3. The first-order chi connectivity index (χ1) is 10.1. The van der Waals surface area contributed by atoms with Gasteiger partial charge in [-0.15, -0.1) is 24.0 Å². The van der Waals surface area contributed by atoms with Gasteiger partial charge < -0.3 is 20.5 Å². The fourth-order valence-corrected chi connectivity index (χ4v) is 2.42. The third-order valence-corrected chi connectivity index (χ3v) is 3.66. The van der Waals surface area contributed by atoms with E-state index in [4.69, 9.17) is 15.2 Å². The molecule has 0 amide bonds. The van der Waals surface area contributed by atoms with Crippen LogP contribution in [0, 0.1) is 5.92 Å². The molecule has 22 heavy (non-hydrogen) atoms. The Morgan fingerprint density at radius 1 is 1.36 bits per heavy atom. The third-order valence-electron chi connectivity index (χ3n) is 3.66. The molecule has 0 aliphatic carbocycles. The van der Waals surface area contributed by atoms with Gasteiger partial charge in [0, 0.05) is 12.6 Å². The van der Waals surface area contributed by atoms with Crippen LogP contribution >= 0.6 is 24.0 Å². The number of aliphatic imine (C=N–C) groups is 1. The van der Waals surface area contributed by atoms with Gasteiger partial charge in [-0.1, -0.05) is 26.7 Å². The smallest absolute Gasteiger partial charge is 0.188 e. The minimum absolute atomic E-state index is 0. The number of rotatable bonds is 10. The molecule has 3 N–H and O–H groups in total. The lowest BCUT2D eigenvalue weighted by molar-refractivity contribution is 0.0200. The van der Waals surface area contributed by atoms with Crippen molar-refractivity contribution < 1.29 is 9.47 Å². The lowest BCUT2D eigenvalue weighted by Crippen LogP contribution is -2.38. The van der Waals surface area contributed by atoms with Crippen molar-refractivity contribution in [2.24, 2.45) is 16.6 Å². The Morgan fingerprint density at radius 2 is 2.14 bits per heavy atom. The molecule has 2 unspecified atom stereocenters. The Balaban J connectivity index is 0.00000441. The summed E-state index contributed by atoms with van der Waals surface area (Å²) in [7, 11) is 0. The number of ether oxygens (including phenoxy) is 2. The van der Waals surface area contributed by atoms with Crippen LogP contribution in [0.2, 0.25) is 0 Å². The summed E-state index contributed by atoms with van der Waals surface area (Å²) in [6.45, 7) is 9.41. The minimum atomic E-state index is 0. The van der Waals surface area contributed by atoms with Gasteiger partial charge in [0.1, 0.15) is 0 Å². The molecular weight excluding hydrogens is 393 g/mol. The molecule has 1 fully saturated rings. The van der Waals surface area contributed by atoms with Crippen molar-refractivity contribution in [3.8, 4) is 0 Å². The second-order valence-corrected chi connectivity index (χ2v) is 6.35. The molecular formula is C16H34IN3O2. The van der Waals surface area contributed by atoms with Crippen molar-refractivity contribution in [1.29, 1.82) is 0 Å². The summed E-state index contributed by atoms with van der Waals surface area (Å²) < 4.78 is 11.0. The second-order valence-electron chi connectivity index (χ2n) is 6.35. The summed E-state index contributed by atoms with van der Waals surface area (Å²) in [6.07, 6.45) is 6.16. The highest BCUT2D eigenvalue weighted by Gasteiger charge is 2.14. The van der Waals surface area contributed by atoms with Gasteiger partial charge in [-0.05, 0) is 32.1 Å². The molecule has 2 atom stereocenters. The van der Waals surface area contributed by atoms with Crippen LogP contribution < -0.4 is 11.1 Å². The Labute approximate surface area is 152 Å². The van der Waals surface area contributed by atoms with E-state index < -0.39 is 0 Å². The highest BCUT2D eigenvalue weighted by molar-refractivity contribution is 14.0. The third kappa shape index (κ3) is 11.5. The van der Waals surface area contributed by atoms with Gasteiger partial charge in [-0.2, -0.15) is 0 Å². The molecule has 0 spiro atoms. The predicted molar refractivity (Wildman–Crippen MR) is 103 cm³/mol. The van der Waals surface area contributed by atoms with Gasteiger partial charge >= 0.3 is 0 Å². The molecule has 1 aliphatic heterocycles. The zero-order chi connectivity index (χ0) is 15.5. The summed E-state index contributed by atoms with van der Waals surface area (Å²) in [5, 5.41) is 3.23. The maximum absolute atomic E-state index is 5.87. The summed E-state index contributed by atoms with van der Waals surface area (Å²) in [5.74, 6) is 1.29. The van der Waals surface area contributed by atoms with Crippen LogP contribution in [-0.4, -0.2) is 44.5 Å². The number of hydrogen-bond donors (Lipinski definition) is 2. The van der Waals surface area contributed by atoms with E-state index in [2.05, 4.69) is 31.1 Å². The number of halogens is 1. The van der Waals surface area contributed by atoms with Crippen LogP contribution in [-0.2, 0) is 9.47 Å². The summed E-state index contributed by atoms with van der Waals surface area (Å²) >= 11 is 0. The molecule has 0 aromatic heterocycles. The average Bonchev–Trinajstić information content (AvgIpc) is 2.91. The fourth-order valence-electron chi connectivity index (χ4n) is 2.42. The van der Waals surface area contributed by atoms with E-state index in [0.29, 0.717) is 31.8 Å². The predicted octanol–water partition coefficient (Wildman–Crippen LogP) is 2.92. The fraction of sp³-hybridized carbons (Fsp3) is 0.938. The SMILES string of the molecule is CC(C)CCCC(C)NC(N)=NCCOCC1CCCO1.I.